The Kier molecular flexibility index (Phi) is 5.26. The lowest BCUT2D eigenvalue weighted by molar-refractivity contribution is -0.856. The van der Waals surface area contributed by atoms with Crippen molar-refractivity contribution in [3.63, 3.8) is 0 Å². The normalized spacial score (nSPS) is 10.2. The average Bonchev–Trinajstić information content (AvgIpc) is 2.28. The topological polar surface area (TPSA) is 62.6 Å². The molecule has 1 rings (SSSR count). The van der Waals surface area contributed by atoms with Gasteiger partial charge in [-0.05, 0) is 18.2 Å². The Labute approximate surface area is 105 Å². The number of halogens is 1. The predicted molar refractivity (Wildman–Crippen MR) is 65.7 cm³/mol. The third kappa shape index (κ3) is 4.92. The van der Waals surface area contributed by atoms with Crippen LogP contribution < -0.4 is 15.5 Å². The van der Waals surface area contributed by atoms with Gasteiger partial charge in [0.1, 0.15) is 5.82 Å². The third-order valence-corrected chi connectivity index (χ3v) is 2.20. The molecule has 0 atom stereocenters. The van der Waals surface area contributed by atoms with Gasteiger partial charge < -0.3 is 15.5 Å². The number of quaternary nitrogens is 1. The fraction of sp³-hybridized carbons (Fsp3) is 0.333. The number of anilines is 1. The fourth-order valence-corrected chi connectivity index (χ4v) is 1.26. The van der Waals surface area contributed by atoms with Crippen molar-refractivity contribution in [1.29, 1.82) is 0 Å². The van der Waals surface area contributed by atoms with Crippen molar-refractivity contribution < 1.29 is 18.9 Å². The molecule has 1 aromatic rings. The van der Waals surface area contributed by atoms with Gasteiger partial charge >= 0.3 is 11.8 Å². The molecule has 0 saturated heterocycles. The summed E-state index contributed by atoms with van der Waals surface area (Å²) >= 11 is 0. The van der Waals surface area contributed by atoms with Crippen molar-refractivity contribution in [2.24, 2.45) is 0 Å². The minimum absolute atomic E-state index is 0.258. The number of carbonyl (C=O) groups is 2. The van der Waals surface area contributed by atoms with E-state index in [1.807, 2.05) is 14.1 Å². The molecule has 2 amide bonds. The van der Waals surface area contributed by atoms with Crippen molar-refractivity contribution in [1.82, 2.24) is 5.32 Å². The highest BCUT2D eigenvalue weighted by Gasteiger charge is 2.13. The minimum atomic E-state index is -0.797. The summed E-state index contributed by atoms with van der Waals surface area (Å²) in [7, 11) is 3.89. The van der Waals surface area contributed by atoms with Crippen LogP contribution >= 0.6 is 0 Å². The monoisotopic (exact) mass is 254 g/mol. The van der Waals surface area contributed by atoms with Crippen LogP contribution in [0.1, 0.15) is 0 Å². The molecule has 18 heavy (non-hydrogen) atoms. The molecule has 0 aliphatic heterocycles. The summed E-state index contributed by atoms with van der Waals surface area (Å²) in [5.74, 6) is -1.99. The maximum absolute atomic E-state index is 12.9. The zero-order chi connectivity index (χ0) is 13.5. The van der Waals surface area contributed by atoms with Gasteiger partial charge in [-0.15, -0.1) is 0 Å². The lowest BCUT2D eigenvalue weighted by atomic mass is 10.3. The quantitative estimate of drug-likeness (QED) is 0.605. The van der Waals surface area contributed by atoms with E-state index in [1.165, 1.54) is 23.1 Å². The van der Waals surface area contributed by atoms with Gasteiger partial charge in [0.2, 0.25) is 0 Å². The van der Waals surface area contributed by atoms with Crippen molar-refractivity contribution in [3.05, 3.63) is 30.1 Å². The Morgan fingerprint density at radius 1 is 1.28 bits per heavy atom. The van der Waals surface area contributed by atoms with E-state index in [9.17, 15) is 14.0 Å². The van der Waals surface area contributed by atoms with Gasteiger partial charge in [0.05, 0.1) is 27.2 Å². The van der Waals surface area contributed by atoms with E-state index in [4.69, 9.17) is 0 Å². The minimum Gasteiger partial charge on any atom is -0.342 e. The maximum Gasteiger partial charge on any atom is 0.313 e. The van der Waals surface area contributed by atoms with Crippen molar-refractivity contribution in [2.75, 3.05) is 32.5 Å². The molecule has 98 valence electrons. The zero-order valence-corrected chi connectivity index (χ0v) is 10.4. The Morgan fingerprint density at radius 2 is 2.00 bits per heavy atom. The molecule has 0 saturated carbocycles. The Bertz CT molecular complexity index is 435. The third-order valence-electron chi connectivity index (χ3n) is 2.20. The number of carbonyl (C=O) groups excluding carboxylic acids is 2. The van der Waals surface area contributed by atoms with Crippen molar-refractivity contribution in [2.45, 2.75) is 0 Å². The molecule has 0 bridgehead atoms. The SMILES string of the molecule is C[NH+](C)CCNC(=O)C(=O)Nc1cccc(F)c1. The number of benzene rings is 1. The van der Waals surface area contributed by atoms with Gasteiger partial charge in [0.15, 0.2) is 0 Å². The summed E-state index contributed by atoms with van der Waals surface area (Å²) in [5, 5.41) is 4.81. The fourth-order valence-electron chi connectivity index (χ4n) is 1.26. The van der Waals surface area contributed by atoms with Gasteiger partial charge in [0.25, 0.3) is 0 Å². The summed E-state index contributed by atoms with van der Waals surface area (Å²) in [6, 6.07) is 5.38. The number of amides is 2. The molecule has 0 radical (unpaired) electrons. The van der Waals surface area contributed by atoms with Gasteiger partial charge in [-0.25, -0.2) is 4.39 Å². The van der Waals surface area contributed by atoms with Gasteiger partial charge in [-0.2, -0.15) is 0 Å². The number of rotatable bonds is 4. The Balaban J connectivity index is 2.43. The molecule has 1 aromatic carbocycles. The molecular formula is C12H17FN3O2+. The first-order valence-electron chi connectivity index (χ1n) is 5.63. The first kappa shape index (κ1) is 14.1. The van der Waals surface area contributed by atoms with Gasteiger partial charge in [0, 0.05) is 5.69 Å². The molecule has 3 N–H and O–H groups in total. The molecular weight excluding hydrogens is 237 g/mol. The van der Waals surface area contributed by atoms with Gasteiger partial charge in [-0.3, -0.25) is 9.59 Å². The molecule has 0 spiro atoms. The van der Waals surface area contributed by atoms with Crippen molar-refractivity contribution >= 4 is 17.5 Å². The van der Waals surface area contributed by atoms with Crippen LogP contribution in [0.2, 0.25) is 0 Å². The van der Waals surface area contributed by atoms with Crippen LogP contribution in [0, 0.1) is 5.82 Å². The number of hydrogen-bond donors (Lipinski definition) is 3. The average molecular weight is 254 g/mol. The first-order chi connectivity index (χ1) is 8.49. The van der Waals surface area contributed by atoms with Crippen LogP contribution in [0.4, 0.5) is 10.1 Å². The number of nitrogens with one attached hydrogen (secondary N) is 3. The molecule has 0 heterocycles. The number of likely N-dealkylation sites (N-methyl/N-ethyl adjacent to an activating group) is 1. The molecule has 0 unspecified atom stereocenters. The van der Waals surface area contributed by atoms with E-state index in [2.05, 4.69) is 10.6 Å². The van der Waals surface area contributed by atoms with Crippen molar-refractivity contribution in [3.8, 4) is 0 Å². The second kappa shape index (κ2) is 6.70. The maximum atomic E-state index is 12.9. The summed E-state index contributed by atoms with van der Waals surface area (Å²) in [4.78, 5) is 24.0. The van der Waals surface area contributed by atoms with E-state index in [1.54, 1.807) is 0 Å². The van der Waals surface area contributed by atoms with E-state index in [0.29, 0.717) is 6.54 Å². The first-order valence-corrected chi connectivity index (χ1v) is 5.63. The summed E-state index contributed by atoms with van der Waals surface area (Å²) in [5.41, 5.74) is 0.258. The van der Waals surface area contributed by atoms with Crippen LogP contribution in [0.15, 0.2) is 24.3 Å². The van der Waals surface area contributed by atoms with E-state index >= 15 is 0 Å². The smallest absolute Gasteiger partial charge is 0.313 e. The predicted octanol–water partition coefficient (Wildman–Crippen LogP) is -0.975. The molecule has 5 nitrogen and oxygen atoms in total. The van der Waals surface area contributed by atoms with Crippen LogP contribution in [-0.2, 0) is 9.59 Å². The lowest BCUT2D eigenvalue weighted by Gasteiger charge is -2.08. The molecule has 0 aliphatic rings. The molecule has 0 fully saturated rings. The van der Waals surface area contributed by atoms with Crippen LogP contribution in [0.3, 0.4) is 0 Å². The van der Waals surface area contributed by atoms with E-state index < -0.39 is 17.6 Å². The highest BCUT2D eigenvalue weighted by Crippen LogP contribution is 2.08. The molecule has 0 aliphatic carbocycles. The molecule has 6 heteroatoms. The largest absolute Gasteiger partial charge is 0.342 e. The number of hydrogen-bond acceptors (Lipinski definition) is 2. The summed E-state index contributed by atoms with van der Waals surface area (Å²) < 4.78 is 12.9. The highest BCUT2D eigenvalue weighted by atomic mass is 19.1. The zero-order valence-electron chi connectivity index (χ0n) is 10.4. The van der Waals surface area contributed by atoms with E-state index in [0.717, 1.165) is 12.6 Å². The van der Waals surface area contributed by atoms with E-state index in [-0.39, 0.29) is 5.69 Å². The Morgan fingerprint density at radius 3 is 2.61 bits per heavy atom. The Hall–Kier alpha value is -1.95. The lowest BCUT2D eigenvalue weighted by Crippen LogP contribution is -3.06. The van der Waals surface area contributed by atoms with Crippen LogP contribution in [0.5, 0.6) is 0 Å². The van der Waals surface area contributed by atoms with Crippen LogP contribution in [0.25, 0.3) is 0 Å². The highest BCUT2D eigenvalue weighted by molar-refractivity contribution is 6.39. The standard InChI is InChI=1S/C12H16FN3O2/c1-16(2)7-6-14-11(17)12(18)15-10-5-3-4-9(13)8-10/h3-5,8H,6-7H2,1-2H3,(H,14,17)(H,15,18)/p+1. The van der Waals surface area contributed by atoms with Gasteiger partial charge in [-0.1, -0.05) is 6.07 Å². The second-order valence-electron chi connectivity index (χ2n) is 4.18. The summed E-state index contributed by atoms with van der Waals surface area (Å²) in [6.07, 6.45) is 0. The van der Waals surface area contributed by atoms with Crippen LogP contribution in [-0.4, -0.2) is 39.0 Å². The second-order valence-corrected chi connectivity index (χ2v) is 4.18. The summed E-state index contributed by atoms with van der Waals surface area (Å²) in [6.45, 7) is 1.14. The molecule has 0 aromatic heterocycles.